The SMILES string of the molecule is O=C(O)Nc1ccc(F)c(OC(F)(F)F)c1. The van der Waals surface area contributed by atoms with Crippen LogP contribution in [-0.4, -0.2) is 17.6 Å². The summed E-state index contributed by atoms with van der Waals surface area (Å²) in [5.41, 5.74) is -0.229. The molecule has 0 spiro atoms. The zero-order chi connectivity index (χ0) is 12.3. The molecule has 1 aromatic carbocycles. The molecular formula is C8H5F4NO3. The molecule has 0 aliphatic carbocycles. The maximum atomic E-state index is 12.8. The van der Waals surface area contributed by atoms with Crippen molar-refractivity contribution in [3.8, 4) is 5.75 Å². The molecule has 0 saturated heterocycles. The van der Waals surface area contributed by atoms with E-state index < -0.39 is 24.0 Å². The van der Waals surface area contributed by atoms with Crippen molar-refractivity contribution >= 4 is 11.8 Å². The Morgan fingerprint density at radius 3 is 2.50 bits per heavy atom. The van der Waals surface area contributed by atoms with Crippen molar-refractivity contribution in [1.82, 2.24) is 0 Å². The van der Waals surface area contributed by atoms with Crippen LogP contribution in [0.2, 0.25) is 0 Å². The number of rotatable bonds is 2. The fourth-order valence-electron chi connectivity index (χ4n) is 0.907. The highest BCUT2D eigenvalue weighted by molar-refractivity contribution is 5.83. The topological polar surface area (TPSA) is 58.6 Å². The minimum Gasteiger partial charge on any atom is -0.465 e. The van der Waals surface area contributed by atoms with Crippen LogP contribution in [0.3, 0.4) is 0 Å². The third-order valence-corrected chi connectivity index (χ3v) is 1.41. The monoisotopic (exact) mass is 239 g/mol. The van der Waals surface area contributed by atoms with Crippen molar-refractivity contribution in [2.24, 2.45) is 0 Å². The van der Waals surface area contributed by atoms with Crippen molar-refractivity contribution in [1.29, 1.82) is 0 Å². The number of hydrogen-bond donors (Lipinski definition) is 2. The second-order valence-corrected chi connectivity index (χ2v) is 2.62. The van der Waals surface area contributed by atoms with E-state index in [2.05, 4.69) is 4.74 Å². The summed E-state index contributed by atoms with van der Waals surface area (Å²) in [4.78, 5) is 10.2. The molecule has 0 bridgehead atoms. The number of anilines is 1. The fourth-order valence-corrected chi connectivity index (χ4v) is 0.907. The Bertz CT molecular complexity index is 405. The highest BCUT2D eigenvalue weighted by atomic mass is 19.4. The molecule has 0 aromatic heterocycles. The Hall–Kier alpha value is -1.99. The molecule has 1 rings (SSSR count). The molecule has 0 saturated carbocycles. The number of halogens is 4. The number of nitrogens with one attached hydrogen (secondary N) is 1. The van der Waals surface area contributed by atoms with Gasteiger partial charge in [-0.25, -0.2) is 9.18 Å². The first kappa shape index (κ1) is 12.1. The molecule has 4 nitrogen and oxygen atoms in total. The Labute approximate surface area is 86.4 Å². The van der Waals surface area contributed by atoms with Gasteiger partial charge in [0, 0.05) is 11.8 Å². The van der Waals surface area contributed by atoms with E-state index >= 15 is 0 Å². The zero-order valence-electron chi connectivity index (χ0n) is 7.51. The Morgan fingerprint density at radius 2 is 2.00 bits per heavy atom. The predicted octanol–water partition coefficient (Wildman–Crippen LogP) is 2.81. The predicted molar refractivity (Wildman–Crippen MR) is 44.7 cm³/mol. The summed E-state index contributed by atoms with van der Waals surface area (Å²) in [6.07, 6.45) is -6.52. The fraction of sp³-hybridized carbons (Fsp3) is 0.125. The van der Waals surface area contributed by atoms with E-state index in [0.717, 1.165) is 6.07 Å². The number of carbonyl (C=O) groups is 1. The molecule has 88 valence electrons. The third-order valence-electron chi connectivity index (χ3n) is 1.41. The molecule has 0 fully saturated rings. The van der Waals surface area contributed by atoms with Crippen LogP contribution in [0.15, 0.2) is 18.2 Å². The lowest BCUT2D eigenvalue weighted by molar-refractivity contribution is -0.275. The number of ether oxygens (including phenoxy) is 1. The molecule has 8 heteroatoms. The normalized spacial score (nSPS) is 11.0. The maximum absolute atomic E-state index is 12.8. The summed E-state index contributed by atoms with van der Waals surface area (Å²) in [5, 5.41) is 10.1. The van der Waals surface area contributed by atoms with Gasteiger partial charge in [0.1, 0.15) is 0 Å². The molecule has 1 amide bonds. The number of alkyl halides is 3. The second kappa shape index (κ2) is 4.25. The molecule has 0 heterocycles. The van der Waals surface area contributed by atoms with Crippen LogP contribution in [0.4, 0.5) is 28.0 Å². The van der Waals surface area contributed by atoms with Gasteiger partial charge in [0.15, 0.2) is 11.6 Å². The highest BCUT2D eigenvalue weighted by Gasteiger charge is 2.32. The van der Waals surface area contributed by atoms with E-state index in [1.165, 1.54) is 0 Å². The standard InChI is InChI=1S/C8H5F4NO3/c9-5-2-1-4(13-7(14)15)3-6(5)16-8(10,11)12/h1-3,13H,(H,14,15). The Balaban J connectivity index is 2.95. The minimum absolute atomic E-state index is 0.229. The van der Waals surface area contributed by atoms with Gasteiger partial charge in [-0.05, 0) is 12.1 Å². The van der Waals surface area contributed by atoms with Gasteiger partial charge in [0.05, 0.1) is 0 Å². The van der Waals surface area contributed by atoms with Gasteiger partial charge in [0.2, 0.25) is 0 Å². The Kier molecular flexibility index (Phi) is 3.21. The average Bonchev–Trinajstić information content (AvgIpc) is 2.07. The summed E-state index contributed by atoms with van der Waals surface area (Å²) >= 11 is 0. The lowest BCUT2D eigenvalue weighted by atomic mass is 10.3. The smallest absolute Gasteiger partial charge is 0.465 e. The van der Waals surface area contributed by atoms with Crippen molar-refractivity contribution in [2.45, 2.75) is 6.36 Å². The first-order valence-corrected chi connectivity index (χ1v) is 3.83. The summed E-state index contributed by atoms with van der Waals surface area (Å²) < 4.78 is 51.6. The van der Waals surface area contributed by atoms with E-state index in [9.17, 15) is 22.4 Å². The number of benzene rings is 1. The van der Waals surface area contributed by atoms with Crippen molar-refractivity contribution in [3.63, 3.8) is 0 Å². The quantitative estimate of drug-likeness (QED) is 0.780. The molecule has 0 unspecified atom stereocenters. The molecule has 0 radical (unpaired) electrons. The second-order valence-electron chi connectivity index (χ2n) is 2.62. The summed E-state index contributed by atoms with van der Waals surface area (Å²) in [7, 11) is 0. The molecule has 16 heavy (non-hydrogen) atoms. The van der Waals surface area contributed by atoms with Crippen LogP contribution in [0.5, 0.6) is 5.75 Å². The van der Waals surface area contributed by atoms with Gasteiger partial charge >= 0.3 is 12.5 Å². The summed E-state index contributed by atoms with van der Waals surface area (Å²) in [6.45, 7) is 0. The highest BCUT2D eigenvalue weighted by Crippen LogP contribution is 2.28. The molecule has 2 N–H and O–H groups in total. The molecular weight excluding hydrogens is 234 g/mol. The van der Waals surface area contributed by atoms with Crippen molar-refractivity contribution < 1.29 is 32.2 Å². The maximum Gasteiger partial charge on any atom is 0.573 e. The van der Waals surface area contributed by atoms with Crippen LogP contribution >= 0.6 is 0 Å². The molecule has 0 aliphatic rings. The minimum atomic E-state index is -5.04. The van der Waals surface area contributed by atoms with Crippen molar-refractivity contribution in [3.05, 3.63) is 24.0 Å². The molecule has 1 aromatic rings. The van der Waals surface area contributed by atoms with E-state index in [1.54, 1.807) is 5.32 Å². The molecule has 0 atom stereocenters. The average molecular weight is 239 g/mol. The lowest BCUT2D eigenvalue weighted by Gasteiger charge is -2.10. The van der Waals surface area contributed by atoms with Gasteiger partial charge in [-0.2, -0.15) is 0 Å². The summed E-state index contributed by atoms with van der Waals surface area (Å²) in [5.74, 6) is -2.34. The van der Waals surface area contributed by atoms with Gasteiger partial charge < -0.3 is 9.84 Å². The Morgan fingerprint density at radius 1 is 1.38 bits per heavy atom. The van der Waals surface area contributed by atoms with Gasteiger partial charge in [-0.3, -0.25) is 5.32 Å². The van der Waals surface area contributed by atoms with Gasteiger partial charge in [-0.15, -0.1) is 13.2 Å². The zero-order valence-corrected chi connectivity index (χ0v) is 7.51. The number of hydrogen-bond acceptors (Lipinski definition) is 2. The third kappa shape index (κ3) is 3.64. The van der Waals surface area contributed by atoms with Gasteiger partial charge in [0.25, 0.3) is 0 Å². The van der Waals surface area contributed by atoms with E-state index in [4.69, 9.17) is 5.11 Å². The van der Waals surface area contributed by atoms with E-state index in [-0.39, 0.29) is 5.69 Å². The number of carboxylic acid groups (broad SMARTS) is 1. The van der Waals surface area contributed by atoms with Crippen LogP contribution in [0, 0.1) is 5.82 Å². The van der Waals surface area contributed by atoms with E-state index in [0.29, 0.717) is 12.1 Å². The van der Waals surface area contributed by atoms with Crippen LogP contribution < -0.4 is 10.1 Å². The van der Waals surface area contributed by atoms with Crippen LogP contribution in [-0.2, 0) is 0 Å². The first-order chi connectivity index (χ1) is 7.28. The lowest BCUT2D eigenvalue weighted by Crippen LogP contribution is -2.18. The molecule has 0 aliphatic heterocycles. The van der Waals surface area contributed by atoms with Crippen molar-refractivity contribution in [2.75, 3.05) is 5.32 Å². The summed E-state index contributed by atoms with van der Waals surface area (Å²) in [6, 6.07) is 2.22. The first-order valence-electron chi connectivity index (χ1n) is 3.83. The number of amides is 1. The largest absolute Gasteiger partial charge is 0.573 e. The van der Waals surface area contributed by atoms with Crippen LogP contribution in [0.25, 0.3) is 0 Å². The van der Waals surface area contributed by atoms with Gasteiger partial charge in [-0.1, -0.05) is 0 Å². The van der Waals surface area contributed by atoms with Crippen LogP contribution in [0.1, 0.15) is 0 Å². The van der Waals surface area contributed by atoms with E-state index in [1.807, 2.05) is 0 Å².